The van der Waals surface area contributed by atoms with E-state index in [9.17, 15) is 0 Å². The summed E-state index contributed by atoms with van der Waals surface area (Å²) in [6.45, 7) is 3.47. The molecule has 2 nitrogen and oxygen atoms in total. The summed E-state index contributed by atoms with van der Waals surface area (Å²) in [7, 11) is 0. The average molecular weight is 251 g/mol. The Morgan fingerprint density at radius 2 is 2.12 bits per heavy atom. The highest BCUT2D eigenvalue weighted by molar-refractivity contribution is 6.31. The van der Waals surface area contributed by atoms with Crippen LogP contribution in [0.3, 0.4) is 0 Å². The Labute approximate surface area is 108 Å². The Morgan fingerprint density at radius 1 is 1.24 bits per heavy atom. The molecule has 1 N–H and O–H groups in total. The molecule has 92 valence electrons. The molecule has 2 heterocycles. The number of piperazine rings is 1. The van der Waals surface area contributed by atoms with Gasteiger partial charge in [0, 0.05) is 30.2 Å². The first kappa shape index (κ1) is 11.5. The zero-order valence-electron chi connectivity index (χ0n) is 10.0. The molecule has 0 bridgehead atoms. The fraction of sp³-hybridized carbons (Fsp3) is 0.571. The standard InChI is InChI=1S/C14H19ClN2/c15-13-7-2-1-6-12(13)14-10-17-8-4-3-5-11(17)9-16-14/h1-2,6-7,11,14,16H,3-5,8-10H2. The van der Waals surface area contributed by atoms with Crippen molar-refractivity contribution in [2.75, 3.05) is 19.6 Å². The van der Waals surface area contributed by atoms with Crippen LogP contribution in [0.4, 0.5) is 0 Å². The highest BCUT2D eigenvalue weighted by Crippen LogP contribution is 2.29. The second kappa shape index (κ2) is 4.97. The Kier molecular flexibility index (Phi) is 3.37. The third kappa shape index (κ3) is 2.35. The number of nitrogens with zero attached hydrogens (tertiary/aromatic N) is 1. The molecule has 0 amide bonds. The highest BCUT2D eigenvalue weighted by atomic mass is 35.5. The Balaban J connectivity index is 1.76. The number of piperidine rings is 1. The van der Waals surface area contributed by atoms with Gasteiger partial charge in [0.05, 0.1) is 0 Å². The molecule has 0 aliphatic carbocycles. The summed E-state index contributed by atoms with van der Waals surface area (Å²) < 4.78 is 0. The predicted octanol–water partition coefficient (Wildman–Crippen LogP) is 2.84. The van der Waals surface area contributed by atoms with Crippen LogP contribution in [0.15, 0.2) is 24.3 Å². The molecule has 2 fully saturated rings. The fourth-order valence-electron chi connectivity index (χ4n) is 3.07. The van der Waals surface area contributed by atoms with E-state index >= 15 is 0 Å². The van der Waals surface area contributed by atoms with E-state index in [1.54, 1.807) is 0 Å². The summed E-state index contributed by atoms with van der Waals surface area (Å²) in [5.74, 6) is 0. The van der Waals surface area contributed by atoms with Crippen LogP contribution in [-0.2, 0) is 0 Å². The van der Waals surface area contributed by atoms with Crippen LogP contribution in [0.1, 0.15) is 30.9 Å². The van der Waals surface area contributed by atoms with E-state index in [1.165, 1.54) is 31.4 Å². The first-order chi connectivity index (χ1) is 8.34. The largest absolute Gasteiger partial charge is 0.307 e. The molecular formula is C14H19ClN2. The molecule has 2 aliphatic rings. The quantitative estimate of drug-likeness (QED) is 0.825. The second-order valence-corrected chi connectivity index (χ2v) is 5.53. The van der Waals surface area contributed by atoms with Gasteiger partial charge < -0.3 is 5.32 Å². The average Bonchev–Trinajstić information content (AvgIpc) is 2.39. The number of rotatable bonds is 1. The van der Waals surface area contributed by atoms with Crippen molar-refractivity contribution in [3.05, 3.63) is 34.9 Å². The van der Waals surface area contributed by atoms with Gasteiger partial charge in [-0.2, -0.15) is 0 Å². The van der Waals surface area contributed by atoms with Gasteiger partial charge in [0.25, 0.3) is 0 Å². The van der Waals surface area contributed by atoms with E-state index < -0.39 is 0 Å². The van der Waals surface area contributed by atoms with Gasteiger partial charge in [-0.25, -0.2) is 0 Å². The van der Waals surface area contributed by atoms with Crippen molar-refractivity contribution < 1.29 is 0 Å². The lowest BCUT2D eigenvalue weighted by molar-refractivity contribution is 0.0951. The van der Waals surface area contributed by atoms with Crippen LogP contribution >= 0.6 is 11.6 Å². The summed E-state index contributed by atoms with van der Waals surface area (Å²) in [6.07, 6.45) is 4.09. The minimum absolute atomic E-state index is 0.401. The van der Waals surface area contributed by atoms with E-state index in [2.05, 4.69) is 22.3 Å². The second-order valence-electron chi connectivity index (χ2n) is 5.13. The summed E-state index contributed by atoms with van der Waals surface area (Å²) >= 11 is 6.27. The lowest BCUT2D eigenvalue weighted by atomic mass is 9.95. The van der Waals surface area contributed by atoms with Gasteiger partial charge in [0.2, 0.25) is 0 Å². The Bertz CT molecular complexity index is 394. The van der Waals surface area contributed by atoms with E-state index in [1.807, 2.05) is 12.1 Å². The van der Waals surface area contributed by atoms with Crippen molar-refractivity contribution in [3.63, 3.8) is 0 Å². The maximum Gasteiger partial charge on any atom is 0.0464 e. The number of hydrogen-bond donors (Lipinski definition) is 1. The van der Waals surface area contributed by atoms with Crippen LogP contribution in [0.5, 0.6) is 0 Å². The third-order valence-electron chi connectivity index (χ3n) is 4.05. The summed E-state index contributed by atoms with van der Waals surface area (Å²) in [5, 5.41) is 4.54. The van der Waals surface area contributed by atoms with E-state index in [-0.39, 0.29) is 0 Å². The molecule has 0 saturated carbocycles. The Morgan fingerprint density at radius 3 is 3.00 bits per heavy atom. The van der Waals surface area contributed by atoms with Gasteiger partial charge in [-0.15, -0.1) is 0 Å². The summed E-state index contributed by atoms with van der Waals surface area (Å²) in [5.41, 5.74) is 1.25. The smallest absolute Gasteiger partial charge is 0.0464 e. The summed E-state index contributed by atoms with van der Waals surface area (Å²) in [6, 6.07) is 9.36. The number of halogens is 1. The van der Waals surface area contributed by atoms with E-state index in [0.29, 0.717) is 6.04 Å². The normalized spacial score (nSPS) is 29.9. The predicted molar refractivity (Wildman–Crippen MR) is 71.4 cm³/mol. The monoisotopic (exact) mass is 250 g/mol. The van der Waals surface area contributed by atoms with Crippen LogP contribution in [0.2, 0.25) is 5.02 Å². The molecule has 2 aliphatic heterocycles. The van der Waals surface area contributed by atoms with Crippen molar-refractivity contribution in [2.24, 2.45) is 0 Å². The van der Waals surface area contributed by atoms with Crippen LogP contribution in [0, 0.1) is 0 Å². The number of benzene rings is 1. The lowest BCUT2D eigenvalue weighted by Gasteiger charge is -2.43. The molecule has 17 heavy (non-hydrogen) atoms. The van der Waals surface area contributed by atoms with Gasteiger partial charge in [-0.1, -0.05) is 36.2 Å². The van der Waals surface area contributed by atoms with E-state index in [4.69, 9.17) is 11.6 Å². The molecule has 2 saturated heterocycles. The first-order valence-electron chi connectivity index (χ1n) is 6.56. The first-order valence-corrected chi connectivity index (χ1v) is 6.94. The zero-order valence-corrected chi connectivity index (χ0v) is 10.8. The minimum Gasteiger partial charge on any atom is -0.307 e. The van der Waals surface area contributed by atoms with Gasteiger partial charge in [-0.3, -0.25) is 4.90 Å². The number of fused-ring (bicyclic) bond motifs is 1. The maximum absolute atomic E-state index is 6.27. The topological polar surface area (TPSA) is 15.3 Å². The lowest BCUT2D eigenvalue weighted by Crippen LogP contribution is -2.54. The number of hydrogen-bond acceptors (Lipinski definition) is 2. The van der Waals surface area contributed by atoms with Crippen LogP contribution in [-0.4, -0.2) is 30.6 Å². The summed E-state index contributed by atoms with van der Waals surface area (Å²) in [4.78, 5) is 2.63. The molecule has 3 heteroatoms. The fourth-order valence-corrected chi connectivity index (χ4v) is 3.34. The third-order valence-corrected chi connectivity index (χ3v) is 4.39. The molecule has 0 radical (unpaired) electrons. The van der Waals surface area contributed by atoms with Crippen molar-refractivity contribution in [3.8, 4) is 0 Å². The SMILES string of the molecule is Clc1ccccc1C1CN2CCCCC2CN1. The van der Waals surface area contributed by atoms with Crippen molar-refractivity contribution >= 4 is 11.6 Å². The Hall–Kier alpha value is -0.570. The molecule has 2 unspecified atom stereocenters. The molecule has 0 spiro atoms. The maximum atomic E-state index is 6.27. The van der Waals surface area contributed by atoms with Crippen molar-refractivity contribution in [2.45, 2.75) is 31.3 Å². The molecule has 1 aromatic rings. The molecule has 2 atom stereocenters. The van der Waals surface area contributed by atoms with Crippen molar-refractivity contribution in [1.82, 2.24) is 10.2 Å². The molecular weight excluding hydrogens is 232 g/mol. The van der Waals surface area contributed by atoms with E-state index in [0.717, 1.165) is 24.2 Å². The minimum atomic E-state index is 0.401. The van der Waals surface area contributed by atoms with Gasteiger partial charge in [-0.05, 0) is 31.0 Å². The molecule has 3 rings (SSSR count). The highest BCUT2D eigenvalue weighted by Gasteiger charge is 2.30. The van der Waals surface area contributed by atoms with Crippen LogP contribution < -0.4 is 5.32 Å². The zero-order chi connectivity index (χ0) is 11.7. The molecule has 1 aromatic carbocycles. The molecule has 0 aromatic heterocycles. The number of nitrogens with one attached hydrogen (secondary N) is 1. The van der Waals surface area contributed by atoms with Gasteiger partial charge in [0.15, 0.2) is 0 Å². The van der Waals surface area contributed by atoms with Crippen LogP contribution in [0.25, 0.3) is 0 Å². The van der Waals surface area contributed by atoms with Gasteiger partial charge in [0.1, 0.15) is 0 Å². The van der Waals surface area contributed by atoms with Crippen molar-refractivity contribution in [1.29, 1.82) is 0 Å². The van der Waals surface area contributed by atoms with Gasteiger partial charge >= 0.3 is 0 Å².